The maximum Gasteiger partial charge on any atom is 0.272 e. The third kappa shape index (κ3) is 4.63. The maximum atomic E-state index is 13.9. The molecule has 2 heterocycles. The molecule has 11 heteroatoms. The second kappa shape index (κ2) is 9.22. The van der Waals surface area contributed by atoms with Gasteiger partial charge in [0.1, 0.15) is 5.69 Å². The zero-order valence-corrected chi connectivity index (χ0v) is 19.8. The third-order valence-corrected chi connectivity index (χ3v) is 7.59. The number of carbonyl (C=O) groups is 3. The van der Waals surface area contributed by atoms with E-state index in [0.29, 0.717) is 45.1 Å². The summed E-state index contributed by atoms with van der Waals surface area (Å²) in [5, 5.41) is 5.79. The molecule has 2 aliphatic carbocycles. The van der Waals surface area contributed by atoms with Gasteiger partial charge in [0.25, 0.3) is 11.8 Å². The van der Waals surface area contributed by atoms with Crippen LogP contribution in [0, 0.1) is 17.0 Å². The highest BCUT2D eigenvalue weighted by Crippen LogP contribution is 2.46. The van der Waals surface area contributed by atoms with Crippen LogP contribution in [-0.2, 0) is 4.79 Å². The zero-order valence-electron chi connectivity index (χ0n) is 19.0. The first-order valence-electron chi connectivity index (χ1n) is 11.9. The summed E-state index contributed by atoms with van der Waals surface area (Å²) >= 11 is 6.14. The van der Waals surface area contributed by atoms with Gasteiger partial charge in [-0.15, -0.1) is 0 Å². The van der Waals surface area contributed by atoms with Gasteiger partial charge in [0, 0.05) is 30.1 Å². The van der Waals surface area contributed by atoms with Crippen LogP contribution in [0.1, 0.15) is 72.3 Å². The number of carbonyl (C=O) groups excluding carboxylic acids is 3. The van der Waals surface area contributed by atoms with Crippen molar-refractivity contribution in [2.45, 2.75) is 63.5 Å². The maximum absolute atomic E-state index is 13.9. The fourth-order valence-corrected chi connectivity index (χ4v) is 5.43. The molecule has 3 N–H and O–H groups in total. The molecular formula is C24H26ClF2N5O3. The third-order valence-electron chi connectivity index (χ3n) is 7.29. The molecule has 186 valence electrons. The molecule has 3 aliphatic rings. The molecule has 1 saturated heterocycles. The highest BCUT2D eigenvalue weighted by Gasteiger charge is 2.47. The van der Waals surface area contributed by atoms with Crippen molar-refractivity contribution in [3.63, 3.8) is 0 Å². The Kier molecular flexibility index (Phi) is 6.25. The van der Waals surface area contributed by atoms with Gasteiger partial charge in [0.05, 0.1) is 17.0 Å². The first kappa shape index (κ1) is 23.7. The lowest BCUT2D eigenvalue weighted by Gasteiger charge is -2.45. The van der Waals surface area contributed by atoms with Gasteiger partial charge in [0.15, 0.2) is 17.3 Å². The Hall–Kier alpha value is -3.01. The molecule has 5 rings (SSSR count). The number of benzene rings is 1. The van der Waals surface area contributed by atoms with E-state index in [2.05, 4.69) is 20.6 Å². The summed E-state index contributed by atoms with van der Waals surface area (Å²) in [6.45, 7) is 0.386. The van der Waals surface area contributed by atoms with Crippen LogP contribution in [0.15, 0.2) is 18.5 Å². The highest BCUT2D eigenvalue weighted by molar-refractivity contribution is 6.33. The molecule has 35 heavy (non-hydrogen) atoms. The van der Waals surface area contributed by atoms with Gasteiger partial charge in [-0.3, -0.25) is 14.4 Å². The van der Waals surface area contributed by atoms with Gasteiger partial charge < -0.3 is 20.5 Å². The van der Waals surface area contributed by atoms with E-state index in [4.69, 9.17) is 11.6 Å². The molecule has 3 fully saturated rings. The Labute approximate surface area is 205 Å². The second-order valence-electron chi connectivity index (χ2n) is 9.68. The SMILES string of the molecule is O=C(NC1CC1)c1nc[nH]c1C(=O)NC1CCC2(CCCN(c3cc(F)c(F)cc3Cl)C2=O)CC1. The van der Waals surface area contributed by atoms with E-state index in [1.54, 1.807) is 0 Å². The normalized spacial score (nSPS) is 24.5. The average Bonchev–Trinajstić information content (AvgIpc) is 3.50. The number of nitrogens with one attached hydrogen (secondary N) is 3. The van der Waals surface area contributed by atoms with Crippen molar-refractivity contribution in [1.82, 2.24) is 20.6 Å². The van der Waals surface area contributed by atoms with Gasteiger partial charge in [0.2, 0.25) is 5.91 Å². The quantitative estimate of drug-likeness (QED) is 0.538. The summed E-state index contributed by atoms with van der Waals surface area (Å²) in [6, 6.07) is 1.85. The standard InChI is InChI=1S/C24H26ClF2N5O3/c25-15-10-16(26)17(27)11-18(15)32-9-1-6-24(23(32)35)7-4-14(5-8-24)31-22(34)20-19(28-12-29-20)21(33)30-13-2-3-13/h10-14H,1-9H2,(H,28,29)(H,30,33)(H,31,34). The lowest BCUT2D eigenvalue weighted by molar-refractivity contribution is -0.132. The molecule has 1 aromatic carbocycles. The Balaban J connectivity index is 1.23. The highest BCUT2D eigenvalue weighted by atomic mass is 35.5. The van der Waals surface area contributed by atoms with E-state index in [0.717, 1.165) is 25.0 Å². The fourth-order valence-electron chi connectivity index (χ4n) is 5.18. The number of halogens is 3. The molecule has 2 aromatic rings. The number of imidazole rings is 1. The smallest absolute Gasteiger partial charge is 0.272 e. The van der Waals surface area contributed by atoms with Crippen molar-refractivity contribution < 1.29 is 23.2 Å². The number of hydrogen-bond donors (Lipinski definition) is 3. The molecule has 0 bridgehead atoms. The lowest BCUT2D eigenvalue weighted by Crippen LogP contribution is -2.52. The first-order valence-corrected chi connectivity index (χ1v) is 12.3. The molecule has 8 nitrogen and oxygen atoms in total. The van der Waals surface area contributed by atoms with Crippen molar-refractivity contribution in [2.75, 3.05) is 11.4 Å². The number of anilines is 1. The molecule has 3 amide bonds. The molecule has 0 atom stereocenters. The van der Waals surface area contributed by atoms with Crippen LogP contribution in [0.2, 0.25) is 5.02 Å². The summed E-state index contributed by atoms with van der Waals surface area (Å²) in [6.07, 6.45) is 6.84. The van der Waals surface area contributed by atoms with Crippen molar-refractivity contribution in [1.29, 1.82) is 0 Å². The number of aromatic nitrogens is 2. The van der Waals surface area contributed by atoms with Gasteiger partial charge in [-0.1, -0.05) is 11.6 Å². The Morgan fingerprint density at radius 3 is 2.40 bits per heavy atom. The fraction of sp³-hybridized carbons (Fsp3) is 0.500. The van der Waals surface area contributed by atoms with E-state index in [9.17, 15) is 23.2 Å². The minimum atomic E-state index is -1.06. The predicted octanol–water partition coefficient (Wildman–Crippen LogP) is 3.72. The van der Waals surface area contributed by atoms with Crippen molar-refractivity contribution in [3.05, 3.63) is 46.5 Å². The van der Waals surface area contributed by atoms with Gasteiger partial charge in [-0.05, 0) is 57.4 Å². The summed E-state index contributed by atoms with van der Waals surface area (Å²) in [5.74, 6) is -3.03. The van der Waals surface area contributed by atoms with Crippen LogP contribution in [-0.4, -0.2) is 46.3 Å². The van der Waals surface area contributed by atoms with Crippen LogP contribution < -0.4 is 15.5 Å². The summed E-state index contributed by atoms with van der Waals surface area (Å²) in [4.78, 5) is 46.9. The number of hydrogen-bond acceptors (Lipinski definition) is 4. The van der Waals surface area contributed by atoms with E-state index in [-0.39, 0.29) is 46.0 Å². The molecule has 1 aromatic heterocycles. The van der Waals surface area contributed by atoms with Crippen LogP contribution in [0.3, 0.4) is 0 Å². The number of amides is 3. The number of piperidine rings is 1. The number of H-pyrrole nitrogens is 1. The van der Waals surface area contributed by atoms with E-state index >= 15 is 0 Å². The molecule has 1 spiro atoms. The van der Waals surface area contributed by atoms with Crippen LogP contribution in [0.4, 0.5) is 14.5 Å². The molecule has 0 unspecified atom stereocenters. The summed E-state index contributed by atoms with van der Waals surface area (Å²) in [7, 11) is 0. The average molecular weight is 506 g/mol. The molecule has 1 aliphatic heterocycles. The van der Waals surface area contributed by atoms with Gasteiger partial charge in [-0.25, -0.2) is 13.8 Å². The van der Waals surface area contributed by atoms with Crippen LogP contribution in [0.25, 0.3) is 0 Å². The number of rotatable bonds is 5. The largest absolute Gasteiger partial charge is 0.348 e. The van der Waals surface area contributed by atoms with Gasteiger partial charge >= 0.3 is 0 Å². The molecular weight excluding hydrogens is 480 g/mol. The summed E-state index contributed by atoms with van der Waals surface area (Å²) < 4.78 is 27.4. The molecule has 2 saturated carbocycles. The topological polar surface area (TPSA) is 107 Å². The predicted molar refractivity (Wildman–Crippen MR) is 124 cm³/mol. The minimum Gasteiger partial charge on any atom is -0.348 e. The van der Waals surface area contributed by atoms with E-state index < -0.39 is 23.0 Å². The Morgan fingerprint density at radius 1 is 1.03 bits per heavy atom. The van der Waals surface area contributed by atoms with E-state index in [1.165, 1.54) is 11.2 Å². The monoisotopic (exact) mass is 505 g/mol. The Morgan fingerprint density at radius 2 is 1.69 bits per heavy atom. The van der Waals surface area contributed by atoms with Crippen molar-refractivity contribution in [3.8, 4) is 0 Å². The van der Waals surface area contributed by atoms with Crippen molar-refractivity contribution in [2.24, 2.45) is 5.41 Å². The van der Waals surface area contributed by atoms with Gasteiger partial charge in [-0.2, -0.15) is 0 Å². The second-order valence-corrected chi connectivity index (χ2v) is 10.1. The minimum absolute atomic E-state index is 0.00340. The number of aromatic amines is 1. The zero-order chi connectivity index (χ0) is 24.7. The number of nitrogens with zero attached hydrogens (tertiary/aromatic N) is 2. The Bertz CT molecular complexity index is 1170. The van der Waals surface area contributed by atoms with Crippen molar-refractivity contribution >= 4 is 35.0 Å². The lowest BCUT2D eigenvalue weighted by atomic mass is 9.67. The van der Waals surface area contributed by atoms with Crippen LogP contribution in [0.5, 0.6) is 0 Å². The summed E-state index contributed by atoms with van der Waals surface area (Å²) in [5.41, 5.74) is -0.252. The first-order chi connectivity index (χ1) is 16.8. The van der Waals surface area contributed by atoms with Crippen LogP contribution >= 0.6 is 11.6 Å². The molecule has 0 radical (unpaired) electrons. The van der Waals surface area contributed by atoms with E-state index in [1.807, 2.05) is 0 Å².